The number of piperidine rings is 1. The third-order valence-electron chi connectivity index (χ3n) is 8.22. The molecule has 3 aromatic carbocycles. The molecule has 220 valence electrons. The molecule has 0 aliphatic carbocycles. The Bertz CT molecular complexity index is 1680. The van der Waals surface area contributed by atoms with Crippen molar-refractivity contribution in [2.45, 2.75) is 25.4 Å². The summed E-state index contributed by atoms with van der Waals surface area (Å²) in [5, 5.41) is 14.0. The van der Waals surface area contributed by atoms with Crippen molar-refractivity contribution in [3.63, 3.8) is 0 Å². The van der Waals surface area contributed by atoms with Gasteiger partial charge in [-0.2, -0.15) is 5.26 Å². The number of carbonyl (C=O) groups is 2. The van der Waals surface area contributed by atoms with Crippen LogP contribution in [-0.2, 0) is 6.54 Å². The van der Waals surface area contributed by atoms with Crippen LogP contribution in [0.5, 0.6) is 0 Å². The van der Waals surface area contributed by atoms with Crippen molar-refractivity contribution < 1.29 is 14.0 Å². The highest BCUT2D eigenvalue weighted by Crippen LogP contribution is 2.30. The van der Waals surface area contributed by atoms with E-state index in [2.05, 4.69) is 21.2 Å². The van der Waals surface area contributed by atoms with Crippen LogP contribution in [0.1, 0.15) is 44.9 Å². The molecule has 0 spiro atoms. The van der Waals surface area contributed by atoms with Gasteiger partial charge in [0.2, 0.25) is 0 Å². The number of nitriles is 1. The smallest absolute Gasteiger partial charge is 0.287 e. The lowest BCUT2D eigenvalue weighted by atomic mass is 10.0. The van der Waals surface area contributed by atoms with Crippen LogP contribution >= 0.6 is 23.2 Å². The predicted molar refractivity (Wildman–Crippen MR) is 168 cm³/mol. The van der Waals surface area contributed by atoms with Crippen LogP contribution in [0.2, 0.25) is 10.0 Å². The zero-order valence-corrected chi connectivity index (χ0v) is 25.1. The number of fused-ring (bicyclic) bond motifs is 1. The van der Waals surface area contributed by atoms with Crippen LogP contribution in [0, 0.1) is 11.3 Å². The second-order valence-electron chi connectivity index (χ2n) is 11.1. The Morgan fingerprint density at radius 1 is 0.907 bits per heavy atom. The van der Waals surface area contributed by atoms with Crippen LogP contribution in [0.4, 0.5) is 5.69 Å². The molecule has 0 saturated carbocycles. The first-order chi connectivity index (χ1) is 20.9. The summed E-state index contributed by atoms with van der Waals surface area (Å²) in [4.78, 5) is 32.7. The molecule has 0 radical (unpaired) electrons. The molecule has 4 aromatic rings. The molecule has 0 unspecified atom stereocenters. The number of nitrogens with zero attached hydrogens (tertiary/aromatic N) is 4. The number of anilines is 1. The maximum Gasteiger partial charge on any atom is 0.287 e. The Morgan fingerprint density at radius 3 is 2.35 bits per heavy atom. The molecule has 1 aromatic heterocycles. The number of carbonyl (C=O) groups excluding carboxylic acids is 2. The first kappa shape index (κ1) is 29.1. The molecule has 3 heterocycles. The SMILES string of the molecule is N#Cc1ccc(CN2CCC(NC(=O)c3cc4cc(C(=O)N5CCN(c6ccc(Cl)cc6Cl)CC5)ccc4o3)CC2)cc1. The molecule has 2 aliphatic rings. The Balaban J connectivity index is 1.02. The minimum absolute atomic E-state index is 0.0521. The molecule has 0 bridgehead atoms. The fourth-order valence-corrected chi connectivity index (χ4v) is 6.32. The van der Waals surface area contributed by atoms with Crippen molar-refractivity contribution >= 4 is 51.7 Å². The second kappa shape index (κ2) is 12.7. The average Bonchev–Trinajstić information content (AvgIpc) is 3.46. The van der Waals surface area contributed by atoms with Gasteiger partial charge in [-0.1, -0.05) is 35.3 Å². The zero-order chi connectivity index (χ0) is 29.9. The minimum Gasteiger partial charge on any atom is -0.451 e. The third-order valence-corrected chi connectivity index (χ3v) is 8.75. The molecule has 8 nitrogen and oxygen atoms in total. The number of halogens is 2. The van der Waals surface area contributed by atoms with E-state index in [9.17, 15) is 9.59 Å². The molecule has 2 amide bonds. The van der Waals surface area contributed by atoms with E-state index >= 15 is 0 Å². The van der Waals surface area contributed by atoms with Crippen molar-refractivity contribution in [2.24, 2.45) is 0 Å². The topological polar surface area (TPSA) is 92.8 Å². The van der Waals surface area contributed by atoms with Crippen LogP contribution < -0.4 is 10.2 Å². The van der Waals surface area contributed by atoms with Gasteiger partial charge in [0.05, 0.1) is 22.3 Å². The molecule has 6 rings (SSSR count). The van der Waals surface area contributed by atoms with Crippen molar-refractivity contribution in [3.8, 4) is 6.07 Å². The van der Waals surface area contributed by atoms with Gasteiger partial charge in [0.15, 0.2) is 5.76 Å². The summed E-state index contributed by atoms with van der Waals surface area (Å²) in [6.07, 6.45) is 1.69. The first-order valence-electron chi connectivity index (χ1n) is 14.4. The molecular formula is C33H31Cl2N5O3. The van der Waals surface area contributed by atoms with Gasteiger partial charge in [0, 0.05) is 67.8 Å². The van der Waals surface area contributed by atoms with Crippen molar-refractivity contribution in [1.82, 2.24) is 15.1 Å². The highest BCUT2D eigenvalue weighted by molar-refractivity contribution is 6.36. The van der Waals surface area contributed by atoms with Gasteiger partial charge in [-0.25, -0.2) is 0 Å². The van der Waals surface area contributed by atoms with Gasteiger partial charge in [-0.15, -0.1) is 0 Å². The van der Waals surface area contributed by atoms with Gasteiger partial charge in [-0.05, 0) is 73.0 Å². The van der Waals surface area contributed by atoms with Crippen LogP contribution in [0.15, 0.2) is 71.1 Å². The summed E-state index contributed by atoms with van der Waals surface area (Å²) in [5.41, 5.74) is 3.88. The van der Waals surface area contributed by atoms with E-state index in [-0.39, 0.29) is 23.6 Å². The average molecular weight is 617 g/mol. The summed E-state index contributed by atoms with van der Waals surface area (Å²) in [6, 6.07) is 22.4. The minimum atomic E-state index is -0.244. The molecular weight excluding hydrogens is 585 g/mol. The molecule has 0 atom stereocenters. The number of piperazine rings is 1. The molecule has 2 fully saturated rings. The Labute approximate surface area is 260 Å². The van der Waals surface area contributed by atoms with E-state index in [1.54, 1.807) is 30.3 Å². The molecule has 43 heavy (non-hydrogen) atoms. The highest BCUT2D eigenvalue weighted by atomic mass is 35.5. The van der Waals surface area contributed by atoms with E-state index < -0.39 is 0 Å². The van der Waals surface area contributed by atoms with E-state index in [0.29, 0.717) is 52.9 Å². The fourth-order valence-electron chi connectivity index (χ4n) is 5.79. The van der Waals surface area contributed by atoms with Crippen molar-refractivity contribution in [1.29, 1.82) is 5.26 Å². The van der Waals surface area contributed by atoms with E-state index in [0.717, 1.165) is 43.5 Å². The maximum atomic E-state index is 13.3. The van der Waals surface area contributed by atoms with Gasteiger partial charge in [0.25, 0.3) is 11.8 Å². The second-order valence-corrected chi connectivity index (χ2v) is 11.9. The monoisotopic (exact) mass is 615 g/mol. The van der Waals surface area contributed by atoms with Crippen LogP contribution in [-0.4, -0.2) is 66.9 Å². The molecule has 10 heteroatoms. The summed E-state index contributed by atoms with van der Waals surface area (Å²) in [6.45, 7) is 5.04. The lowest BCUT2D eigenvalue weighted by Crippen LogP contribution is -2.48. The van der Waals surface area contributed by atoms with Gasteiger partial charge in [0.1, 0.15) is 5.58 Å². The van der Waals surface area contributed by atoms with E-state index in [4.69, 9.17) is 32.9 Å². The normalized spacial score (nSPS) is 16.3. The lowest BCUT2D eigenvalue weighted by molar-refractivity contribution is 0.0746. The van der Waals surface area contributed by atoms with Crippen molar-refractivity contribution in [3.05, 3.63) is 99.2 Å². The number of amides is 2. The Kier molecular flexibility index (Phi) is 8.57. The quantitative estimate of drug-likeness (QED) is 0.287. The third kappa shape index (κ3) is 6.65. The fraction of sp³-hybridized carbons (Fsp3) is 0.303. The van der Waals surface area contributed by atoms with Gasteiger partial charge < -0.3 is 19.5 Å². The summed E-state index contributed by atoms with van der Waals surface area (Å²) < 4.78 is 5.85. The molecule has 1 N–H and O–H groups in total. The number of nitrogens with one attached hydrogen (secondary N) is 1. The summed E-state index contributed by atoms with van der Waals surface area (Å²) in [5.74, 6) is -0.0524. The number of hydrogen-bond acceptors (Lipinski definition) is 6. The van der Waals surface area contributed by atoms with Gasteiger partial charge in [-0.3, -0.25) is 14.5 Å². The first-order valence-corrected chi connectivity index (χ1v) is 15.2. The largest absolute Gasteiger partial charge is 0.451 e. The number of furan rings is 1. The summed E-state index contributed by atoms with van der Waals surface area (Å²) in [7, 11) is 0. The van der Waals surface area contributed by atoms with Gasteiger partial charge >= 0.3 is 0 Å². The predicted octanol–water partition coefficient (Wildman–Crippen LogP) is 5.97. The number of benzene rings is 3. The molecule has 2 aliphatic heterocycles. The lowest BCUT2D eigenvalue weighted by Gasteiger charge is -2.36. The number of hydrogen-bond donors (Lipinski definition) is 1. The van der Waals surface area contributed by atoms with Crippen LogP contribution in [0.25, 0.3) is 11.0 Å². The van der Waals surface area contributed by atoms with Crippen molar-refractivity contribution in [2.75, 3.05) is 44.2 Å². The summed E-state index contributed by atoms with van der Waals surface area (Å²) >= 11 is 12.4. The Morgan fingerprint density at radius 2 is 1.65 bits per heavy atom. The number of likely N-dealkylation sites (tertiary alicyclic amines) is 1. The van der Waals surface area contributed by atoms with E-state index in [1.165, 1.54) is 5.56 Å². The highest BCUT2D eigenvalue weighted by Gasteiger charge is 2.25. The maximum absolute atomic E-state index is 13.3. The standard InChI is InChI=1S/C33H31Cl2N5O3/c34-26-6-7-29(28(35)19-26)39-13-15-40(16-14-39)33(42)24-5-8-30-25(17-24)18-31(43-30)32(41)37-27-9-11-38(12-10-27)21-23-3-1-22(20-36)2-4-23/h1-8,17-19,27H,9-16,21H2,(H,37,41). The number of rotatable bonds is 6. The molecule has 2 saturated heterocycles. The Hall–Kier alpha value is -4.03. The van der Waals surface area contributed by atoms with Crippen LogP contribution in [0.3, 0.4) is 0 Å². The zero-order valence-electron chi connectivity index (χ0n) is 23.6. The van der Waals surface area contributed by atoms with E-state index in [1.807, 2.05) is 41.3 Å².